The Hall–Kier alpha value is 1.01. The molecule has 14 heavy (non-hydrogen) atoms. The summed E-state index contributed by atoms with van der Waals surface area (Å²) in [6.07, 6.45) is 0. The van der Waals surface area contributed by atoms with Crippen molar-refractivity contribution in [3.63, 3.8) is 0 Å². The number of rotatable bonds is 3. The summed E-state index contributed by atoms with van der Waals surface area (Å²) in [7, 11) is 0. The molecule has 0 aromatic carbocycles. The molecule has 0 saturated heterocycles. The summed E-state index contributed by atoms with van der Waals surface area (Å²) in [5, 5.41) is 8.47. The van der Waals surface area contributed by atoms with Crippen LogP contribution in [-0.2, 0) is 4.79 Å². The van der Waals surface area contributed by atoms with Gasteiger partial charge in [0.05, 0.1) is 11.3 Å². The summed E-state index contributed by atoms with van der Waals surface area (Å²) in [5.74, 6) is -1.36. The van der Waals surface area contributed by atoms with Crippen LogP contribution in [-0.4, -0.2) is 19.1 Å². The van der Waals surface area contributed by atoms with E-state index in [1.807, 2.05) is 13.8 Å². The van der Waals surface area contributed by atoms with Crippen molar-refractivity contribution in [3.05, 3.63) is 0 Å². The van der Waals surface area contributed by atoms with E-state index >= 15 is 0 Å². The van der Waals surface area contributed by atoms with Gasteiger partial charge in [-0.1, -0.05) is 57.3 Å². The molecule has 1 aliphatic carbocycles. The number of alkyl halides is 4. The quantitative estimate of drug-likeness (QED) is 0.772. The van der Waals surface area contributed by atoms with Gasteiger partial charge >= 0.3 is 5.97 Å². The number of carboxylic acids is 1. The van der Waals surface area contributed by atoms with E-state index in [0.717, 1.165) is 0 Å². The molecule has 6 heteroatoms. The summed E-state index contributed by atoms with van der Waals surface area (Å²) < 4.78 is -0.937. The van der Waals surface area contributed by atoms with E-state index in [9.17, 15) is 4.79 Å². The Balaban J connectivity index is 2.79. The van der Waals surface area contributed by atoms with Crippen LogP contribution in [0.1, 0.15) is 13.8 Å². The minimum Gasteiger partial charge on any atom is -0.481 e. The van der Waals surface area contributed by atoms with Crippen molar-refractivity contribution in [1.82, 2.24) is 0 Å². The molecule has 0 radical (unpaired) electrons. The summed E-state index contributed by atoms with van der Waals surface area (Å²) in [4.78, 5) is 10.9. The van der Waals surface area contributed by atoms with Crippen LogP contribution < -0.4 is 0 Å². The largest absolute Gasteiger partial charge is 0.481 e. The molecular weight excluding hydrogens is 359 g/mol. The zero-order chi connectivity index (χ0) is 11.3. The topological polar surface area (TPSA) is 37.3 Å². The number of carboxylic acid groups (broad SMARTS) is 1. The van der Waals surface area contributed by atoms with Gasteiger partial charge in [0.2, 0.25) is 0 Å². The molecule has 1 aliphatic rings. The lowest BCUT2D eigenvalue weighted by atomic mass is 10.1. The first-order chi connectivity index (χ1) is 6.10. The van der Waals surface area contributed by atoms with Crippen LogP contribution in [0.5, 0.6) is 0 Å². The van der Waals surface area contributed by atoms with Gasteiger partial charge in [0.15, 0.2) is 2.69 Å². The molecule has 3 atom stereocenters. The lowest BCUT2D eigenvalue weighted by molar-refractivity contribution is -0.139. The van der Waals surface area contributed by atoms with E-state index < -0.39 is 20.0 Å². The molecule has 0 bridgehead atoms. The van der Waals surface area contributed by atoms with Gasteiger partial charge in [-0.15, -0.1) is 11.6 Å². The molecule has 0 aliphatic heterocycles. The van der Waals surface area contributed by atoms with Crippen molar-refractivity contribution in [2.45, 2.75) is 21.9 Å². The van der Waals surface area contributed by atoms with Crippen LogP contribution in [0.15, 0.2) is 0 Å². The highest BCUT2D eigenvalue weighted by molar-refractivity contribution is 9.26. The Morgan fingerprint density at radius 1 is 1.57 bits per heavy atom. The number of halogens is 4. The second-order valence-electron chi connectivity index (χ2n) is 4.11. The third-order valence-corrected chi connectivity index (χ3v) is 5.26. The van der Waals surface area contributed by atoms with Gasteiger partial charge in [-0.2, -0.15) is 0 Å². The first-order valence-corrected chi connectivity index (χ1v) is 6.43. The molecule has 1 saturated carbocycles. The molecule has 82 valence electrons. The van der Waals surface area contributed by atoms with Crippen LogP contribution in [0.4, 0.5) is 0 Å². The second kappa shape index (κ2) is 3.79. The molecule has 0 amide bonds. The minimum absolute atomic E-state index is 0.127. The Morgan fingerprint density at radius 2 is 2.00 bits per heavy atom. The van der Waals surface area contributed by atoms with Crippen LogP contribution in [0, 0.1) is 17.3 Å². The minimum atomic E-state index is -0.937. The maximum absolute atomic E-state index is 10.9. The zero-order valence-corrected chi connectivity index (χ0v) is 12.3. The highest BCUT2D eigenvalue weighted by Crippen LogP contribution is 2.64. The first-order valence-electron chi connectivity index (χ1n) is 4.03. The monoisotopic (exact) mass is 366 g/mol. The van der Waals surface area contributed by atoms with E-state index in [1.165, 1.54) is 0 Å². The summed E-state index contributed by atoms with van der Waals surface area (Å²) in [6.45, 7) is 3.77. The fourth-order valence-electron chi connectivity index (χ4n) is 1.90. The van der Waals surface area contributed by atoms with Gasteiger partial charge in [-0.3, -0.25) is 4.79 Å². The third-order valence-electron chi connectivity index (χ3n) is 2.80. The van der Waals surface area contributed by atoms with Gasteiger partial charge in [0.25, 0.3) is 0 Å². The second-order valence-corrected chi connectivity index (χ2v) is 9.65. The first kappa shape index (κ1) is 13.1. The number of hydrogen-bond donors (Lipinski definition) is 1. The normalized spacial score (nSPS) is 32.4. The van der Waals surface area contributed by atoms with Crippen molar-refractivity contribution in [2.24, 2.45) is 17.3 Å². The molecule has 1 N–H and O–H groups in total. The van der Waals surface area contributed by atoms with Crippen molar-refractivity contribution in [1.29, 1.82) is 0 Å². The number of aliphatic carboxylic acids is 1. The predicted octanol–water partition coefficient (Wildman–Crippen LogP) is 3.63. The highest BCUT2D eigenvalue weighted by Gasteiger charge is 2.67. The molecule has 0 spiro atoms. The molecule has 1 fully saturated rings. The Labute approximate surface area is 110 Å². The SMILES string of the molecule is CC1(C)C(C(=O)O)C1C(Cl)C(Cl)(Br)Br. The van der Waals surface area contributed by atoms with E-state index in [-0.39, 0.29) is 11.3 Å². The Kier molecular flexibility index (Phi) is 3.54. The Bertz CT molecular complexity index is 263. The molecule has 0 aromatic heterocycles. The van der Waals surface area contributed by atoms with E-state index in [4.69, 9.17) is 28.3 Å². The van der Waals surface area contributed by atoms with Gasteiger partial charge in [-0.05, 0) is 11.3 Å². The average molecular weight is 369 g/mol. The fraction of sp³-hybridized carbons (Fsp3) is 0.875. The van der Waals surface area contributed by atoms with Gasteiger partial charge in [-0.25, -0.2) is 0 Å². The summed E-state index contributed by atoms with van der Waals surface area (Å²) in [5.41, 5.74) is -0.292. The summed E-state index contributed by atoms with van der Waals surface area (Å²) >= 11 is 18.4. The lowest BCUT2D eigenvalue weighted by Gasteiger charge is -2.19. The van der Waals surface area contributed by atoms with Gasteiger partial charge in [0, 0.05) is 0 Å². The molecule has 1 rings (SSSR count). The van der Waals surface area contributed by atoms with Gasteiger partial charge < -0.3 is 5.11 Å². The number of carbonyl (C=O) groups is 1. The molecule has 2 nitrogen and oxygen atoms in total. The molecule has 0 aromatic rings. The summed E-state index contributed by atoms with van der Waals surface area (Å²) in [6, 6.07) is 0. The fourth-order valence-corrected chi connectivity index (χ4v) is 3.07. The predicted molar refractivity (Wildman–Crippen MR) is 64.5 cm³/mol. The maximum atomic E-state index is 10.9. The Morgan fingerprint density at radius 3 is 2.21 bits per heavy atom. The van der Waals surface area contributed by atoms with Crippen molar-refractivity contribution in [2.75, 3.05) is 0 Å². The zero-order valence-electron chi connectivity index (χ0n) is 7.60. The highest BCUT2D eigenvalue weighted by atomic mass is 79.9. The number of hydrogen-bond acceptors (Lipinski definition) is 1. The third kappa shape index (κ3) is 2.23. The van der Waals surface area contributed by atoms with Crippen LogP contribution >= 0.6 is 55.1 Å². The van der Waals surface area contributed by atoms with E-state index in [0.29, 0.717) is 0 Å². The molecular formula is C8H10Br2Cl2O2. The van der Waals surface area contributed by atoms with Crippen molar-refractivity contribution >= 4 is 61.0 Å². The van der Waals surface area contributed by atoms with Crippen molar-refractivity contribution < 1.29 is 9.90 Å². The van der Waals surface area contributed by atoms with Crippen LogP contribution in [0.2, 0.25) is 0 Å². The van der Waals surface area contributed by atoms with Crippen LogP contribution in [0.25, 0.3) is 0 Å². The van der Waals surface area contributed by atoms with E-state index in [2.05, 4.69) is 31.9 Å². The van der Waals surface area contributed by atoms with Gasteiger partial charge in [0.1, 0.15) is 0 Å². The van der Waals surface area contributed by atoms with Crippen LogP contribution in [0.3, 0.4) is 0 Å². The molecule has 3 unspecified atom stereocenters. The standard InChI is InChI=1S/C8H10Br2Cl2O2/c1-7(2)3(4(7)6(13)14)5(11)8(9,10)12/h3-5H,1-2H3,(H,13,14). The molecule has 0 heterocycles. The average Bonchev–Trinajstić information content (AvgIpc) is 2.49. The van der Waals surface area contributed by atoms with Crippen molar-refractivity contribution in [3.8, 4) is 0 Å². The smallest absolute Gasteiger partial charge is 0.307 e. The van der Waals surface area contributed by atoms with E-state index in [1.54, 1.807) is 0 Å². The lowest BCUT2D eigenvalue weighted by Crippen LogP contribution is -2.23. The maximum Gasteiger partial charge on any atom is 0.307 e.